The van der Waals surface area contributed by atoms with Crippen molar-refractivity contribution in [3.63, 3.8) is 0 Å². The van der Waals surface area contributed by atoms with Crippen molar-refractivity contribution >= 4 is 40.2 Å². The van der Waals surface area contributed by atoms with Gasteiger partial charge < -0.3 is 9.30 Å². The van der Waals surface area contributed by atoms with Crippen LogP contribution in [0.15, 0.2) is 58.6 Å². The first-order valence-electron chi connectivity index (χ1n) is 10.9. The van der Waals surface area contributed by atoms with E-state index in [0.29, 0.717) is 12.1 Å². The fraction of sp³-hybridized carbons (Fsp3) is 0.280. The summed E-state index contributed by atoms with van der Waals surface area (Å²) < 4.78 is 24.1. The molecule has 0 atom stereocenters. The second-order valence-electron chi connectivity index (χ2n) is 7.70. The van der Waals surface area contributed by atoms with E-state index in [1.165, 1.54) is 11.8 Å². The number of aryl methyl sites for hydroxylation is 1. The molecule has 172 valence electrons. The summed E-state index contributed by atoms with van der Waals surface area (Å²) in [5.41, 5.74) is 2.98. The maximum atomic E-state index is 15.3. The summed E-state index contributed by atoms with van der Waals surface area (Å²) in [7, 11) is 0. The zero-order valence-corrected chi connectivity index (χ0v) is 20.3. The van der Waals surface area contributed by atoms with Gasteiger partial charge in [0.1, 0.15) is 0 Å². The Balaban J connectivity index is 1.78. The lowest BCUT2D eigenvalue weighted by Gasteiger charge is -2.07. The number of aromatic nitrogens is 3. The van der Waals surface area contributed by atoms with Crippen molar-refractivity contribution < 1.29 is 13.9 Å². The van der Waals surface area contributed by atoms with Crippen LogP contribution in [0.4, 0.5) is 4.39 Å². The van der Waals surface area contributed by atoms with Gasteiger partial charge in [0.25, 0.3) is 0 Å². The topological polar surface area (TPSA) is 49.0 Å². The van der Waals surface area contributed by atoms with E-state index in [4.69, 9.17) is 16.3 Å². The molecule has 2 heterocycles. The number of hydrogen-bond acceptors (Lipinski definition) is 4. The molecule has 0 bridgehead atoms. The van der Waals surface area contributed by atoms with Gasteiger partial charge in [-0.25, -0.2) is 4.39 Å². The van der Waals surface area contributed by atoms with E-state index in [9.17, 15) is 4.79 Å². The van der Waals surface area contributed by atoms with Gasteiger partial charge in [0.05, 0.1) is 35.5 Å². The highest BCUT2D eigenvalue weighted by atomic mass is 35.5. The van der Waals surface area contributed by atoms with Gasteiger partial charge in [0.15, 0.2) is 5.82 Å². The number of ether oxygens (including phenoxy) is 1. The Morgan fingerprint density at radius 3 is 2.82 bits per heavy atom. The Hall–Kier alpha value is -2.77. The van der Waals surface area contributed by atoms with E-state index >= 15 is 4.39 Å². The van der Waals surface area contributed by atoms with Gasteiger partial charge in [-0.1, -0.05) is 42.4 Å². The van der Waals surface area contributed by atoms with Crippen molar-refractivity contribution in [3.8, 4) is 5.69 Å². The van der Waals surface area contributed by atoms with Crippen LogP contribution in [0.25, 0.3) is 16.6 Å². The highest BCUT2D eigenvalue weighted by Crippen LogP contribution is 2.42. The number of benzene rings is 2. The van der Waals surface area contributed by atoms with E-state index in [2.05, 4.69) is 12.0 Å². The molecule has 4 aromatic rings. The van der Waals surface area contributed by atoms with Crippen molar-refractivity contribution in [2.24, 2.45) is 0 Å². The molecule has 0 aliphatic carbocycles. The molecule has 2 aromatic heterocycles. The second kappa shape index (κ2) is 10.0. The van der Waals surface area contributed by atoms with Crippen LogP contribution in [0.5, 0.6) is 0 Å². The van der Waals surface area contributed by atoms with Gasteiger partial charge in [-0.3, -0.25) is 9.48 Å². The Morgan fingerprint density at radius 1 is 1.24 bits per heavy atom. The first-order chi connectivity index (χ1) is 15.9. The molecule has 0 amide bonds. The fourth-order valence-corrected chi connectivity index (χ4v) is 5.15. The highest BCUT2D eigenvalue weighted by Gasteiger charge is 2.22. The van der Waals surface area contributed by atoms with Crippen LogP contribution in [0.1, 0.15) is 31.5 Å². The van der Waals surface area contributed by atoms with Crippen molar-refractivity contribution in [3.05, 3.63) is 70.9 Å². The molecule has 8 heteroatoms. The molecule has 4 rings (SSSR count). The zero-order chi connectivity index (χ0) is 23.5. The average molecular weight is 486 g/mol. The molecular weight excluding hydrogens is 461 g/mol. The highest BCUT2D eigenvalue weighted by molar-refractivity contribution is 7.99. The molecule has 2 aromatic carbocycles. The average Bonchev–Trinajstić information content (AvgIpc) is 3.34. The van der Waals surface area contributed by atoms with Crippen LogP contribution in [-0.4, -0.2) is 26.9 Å². The van der Waals surface area contributed by atoms with Crippen LogP contribution in [0.2, 0.25) is 5.02 Å². The lowest BCUT2D eigenvalue weighted by Crippen LogP contribution is -2.07. The van der Waals surface area contributed by atoms with Gasteiger partial charge >= 0.3 is 5.97 Å². The Bertz CT molecular complexity index is 1310. The SMILES string of the molecule is CCCn1cc(-n2c(C)c(Sc3cccc(CC(=O)OCC)c3)c3ccc(Cl)c(F)c32)cn1. The Morgan fingerprint density at radius 2 is 2.06 bits per heavy atom. The van der Waals surface area contributed by atoms with Gasteiger partial charge in [-0.2, -0.15) is 5.10 Å². The van der Waals surface area contributed by atoms with E-state index in [1.807, 2.05) is 52.7 Å². The summed E-state index contributed by atoms with van der Waals surface area (Å²) in [5, 5.41) is 5.27. The third-order valence-electron chi connectivity index (χ3n) is 5.30. The molecule has 0 fully saturated rings. The minimum absolute atomic E-state index is 0.0789. The standard InChI is InChI=1S/C25H25ClFN3O2S/c1-4-11-29-15-18(14-28-29)30-16(3)25(20-9-10-21(26)23(27)24(20)30)33-19-8-6-7-17(12-19)13-22(31)32-5-2/h6-10,12,14-15H,4-5,11,13H2,1-3H3. The van der Waals surface area contributed by atoms with Crippen LogP contribution >= 0.6 is 23.4 Å². The van der Waals surface area contributed by atoms with Crippen LogP contribution in [0, 0.1) is 12.7 Å². The quantitative estimate of drug-likeness (QED) is 0.264. The predicted molar refractivity (Wildman–Crippen MR) is 130 cm³/mol. The summed E-state index contributed by atoms with van der Waals surface area (Å²) in [5.74, 6) is -0.711. The number of hydrogen-bond donors (Lipinski definition) is 0. The number of rotatable bonds is 8. The summed E-state index contributed by atoms with van der Waals surface area (Å²) in [6.45, 7) is 6.99. The molecule has 0 spiro atoms. The number of carbonyl (C=O) groups excluding carboxylic acids is 1. The molecule has 33 heavy (non-hydrogen) atoms. The minimum atomic E-state index is -0.455. The van der Waals surface area contributed by atoms with E-state index in [-0.39, 0.29) is 17.4 Å². The zero-order valence-electron chi connectivity index (χ0n) is 18.8. The lowest BCUT2D eigenvalue weighted by atomic mass is 10.1. The van der Waals surface area contributed by atoms with E-state index < -0.39 is 5.82 Å². The van der Waals surface area contributed by atoms with Crippen LogP contribution in [0.3, 0.4) is 0 Å². The first-order valence-corrected chi connectivity index (χ1v) is 12.1. The number of nitrogens with zero attached hydrogens (tertiary/aromatic N) is 3. The molecule has 0 N–H and O–H groups in total. The maximum absolute atomic E-state index is 15.3. The maximum Gasteiger partial charge on any atom is 0.310 e. The van der Waals surface area contributed by atoms with Gasteiger partial charge in [-0.05, 0) is 50.1 Å². The second-order valence-corrected chi connectivity index (χ2v) is 9.19. The summed E-state index contributed by atoms with van der Waals surface area (Å²) in [6, 6.07) is 11.2. The molecule has 0 radical (unpaired) electrons. The largest absolute Gasteiger partial charge is 0.466 e. The predicted octanol–water partition coefficient (Wildman–Crippen LogP) is 6.59. The van der Waals surface area contributed by atoms with Gasteiger partial charge in [-0.15, -0.1) is 0 Å². The molecule has 5 nitrogen and oxygen atoms in total. The Labute approximate surface area is 201 Å². The smallest absolute Gasteiger partial charge is 0.310 e. The molecule has 0 unspecified atom stereocenters. The first kappa shape index (κ1) is 23.4. The third-order valence-corrected chi connectivity index (χ3v) is 6.80. The number of halogens is 2. The number of fused-ring (bicyclic) bond motifs is 1. The van der Waals surface area contributed by atoms with Crippen molar-refractivity contribution in [2.75, 3.05) is 6.61 Å². The monoisotopic (exact) mass is 485 g/mol. The third kappa shape index (κ3) is 4.80. The fourth-order valence-electron chi connectivity index (χ4n) is 3.89. The summed E-state index contributed by atoms with van der Waals surface area (Å²) >= 11 is 7.69. The lowest BCUT2D eigenvalue weighted by molar-refractivity contribution is -0.142. The molecule has 0 aliphatic rings. The minimum Gasteiger partial charge on any atom is -0.466 e. The normalized spacial score (nSPS) is 11.3. The Kier molecular flexibility index (Phi) is 7.10. The van der Waals surface area contributed by atoms with Crippen LogP contribution in [-0.2, 0) is 22.5 Å². The van der Waals surface area contributed by atoms with Crippen LogP contribution < -0.4 is 0 Å². The summed E-state index contributed by atoms with van der Waals surface area (Å²) in [4.78, 5) is 13.8. The van der Waals surface area contributed by atoms with E-state index in [1.54, 1.807) is 19.2 Å². The molecule has 0 aliphatic heterocycles. The number of esters is 1. The van der Waals surface area contributed by atoms with Crippen molar-refractivity contribution in [2.45, 2.75) is 49.9 Å². The number of carbonyl (C=O) groups is 1. The van der Waals surface area contributed by atoms with Crippen molar-refractivity contribution in [1.29, 1.82) is 0 Å². The summed E-state index contributed by atoms with van der Waals surface area (Å²) in [6.07, 6.45) is 4.83. The van der Waals surface area contributed by atoms with Gasteiger partial charge in [0, 0.05) is 33.6 Å². The molecule has 0 saturated carbocycles. The molecular formula is C25H25ClFN3O2S. The van der Waals surface area contributed by atoms with Crippen molar-refractivity contribution in [1.82, 2.24) is 14.3 Å². The van der Waals surface area contributed by atoms with E-state index in [0.717, 1.165) is 45.1 Å². The molecule has 0 saturated heterocycles. The van der Waals surface area contributed by atoms with Gasteiger partial charge in [0.2, 0.25) is 0 Å².